The summed E-state index contributed by atoms with van der Waals surface area (Å²) in [6.45, 7) is -0.428. The summed E-state index contributed by atoms with van der Waals surface area (Å²) >= 11 is 0. The molecule has 0 unspecified atom stereocenters. The number of aromatic nitrogens is 1. The van der Waals surface area contributed by atoms with Crippen molar-refractivity contribution in [2.24, 2.45) is 0 Å². The lowest BCUT2D eigenvalue weighted by Crippen LogP contribution is -2.25. The molecule has 2 aliphatic rings. The van der Waals surface area contributed by atoms with Gasteiger partial charge >= 0.3 is 5.97 Å². The number of ketones is 1. The van der Waals surface area contributed by atoms with Gasteiger partial charge in [0.1, 0.15) is 5.75 Å². The van der Waals surface area contributed by atoms with Crippen LogP contribution in [0.25, 0.3) is 10.9 Å². The highest BCUT2D eigenvalue weighted by Crippen LogP contribution is 2.30. The first-order valence-electron chi connectivity index (χ1n) is 9.99. The van der Waals surface area contributed by atoms with Crippen molar-refractivity contribution >= 4 is 34.3 Å². The van der Waals surface area contributed by atoms with Crippen LogP contribution >= 0.6 is 0 Å². The average Bonchev–Trinajstić information content (AvgIpc) is 3.14. The summed E-state index contributed by atoms with van der Waals surface area (Å²) < 4.78 is 10.5. The molecular weight excluding hydrogens is 384 g/mol. The molecule has 5 rings (SSSR count). The van der Waals surface area contributed by atoms with Gasteiger partial charge in [-0.05, 0) is 67.6 Å². The number of amides is 1. The number of carbonyl (C=O) groups excluding carboxylic acids is 3. The first kappa shape index (κ1) is 18.4. The number of hydrogen-bond donors (Lipinski definition) is 2. The van der Waals surface area contributed by atoms with E-state index in [9.17, 15) is 14.4 Å². The Hall–Kier alpha value is -3.61. The van der Waals surface area contributed by atoms with Gasteiger partial charge in [0, 0.05) is 22.2 Å². The number of rotatable bonds is 4. The third-order valence-electron chi connectivity index (χ3n) is 5.60. The smallest absolute Gasteiger partial charge is 0.338 e. The number of aryl methyl sites for hydroxylation is 2. The van der Waals surface area contributed by atoms with E-state index in [1.807, 2.05) is 12.1 Å². The number of nitrogens with one attached hydrogen (secondary N) is 2. The Bertz CT molecular complexity index is 1190. The molecule has 1 aliphatic heterocycles. The van der Waals surface area contributed by atoms with Crippen LogP contribution in [0.1, 0.15) is 44.8 Å². The van der Waals surface area contributed by atoms with Gasteiger partial charge in [0.25, 0.3) is 5.91 Å². The zero-order chi connectivity index (χ0) is 20.7. The van der Waals surface area contributed by atoms with Gasteiger partial charge in [-0.1, -0.05) is 0 Å². The highest BCUT2D eigenvalue weighted by Gasteiger charge is 2.20. The number of Topliss-reactive ketones (excluding diaryl/α,β-unsaturated/α-hetero) is 1. The first-order chi connectivity index (χ1) is 14.6. The van der Waals surface area contributed by atoms with Crippen LogP contribution in [-0.4, -0.2) is 35.9 Å². The first-order valence-corrected chi connectivity index (χ1v) is 9.99. The standard InChI is InChI=1S/C23H20N2O5/c26-20(13-6-8-21-19(10-13)25-22(27)12-29-21)11-30-23(28)14-5-7-18-16(9-14)15-3-1-2-4-17(15)24-18/h5-10,24H,1-4,11-12H2,(H,25,27). The molecule has 1 amide bonds. The van der Waals surface area contributed by atoms with E-state index < -0.39 is 5.97 Å². The van der Waals surface area contributed by atoms with E-state index in [4.69, 9.17) is 9.47 Å². The second kappa shape index (κ2) is 7.33. The number of anilines is 1. The van der Waals surface area contributed by atoms with Crippen molar-refractivity contribution in [3.05, 3.63) is 58.8 Å². The highest BCUT2D eigenvalue weighted by atomic mass is 16.5. The average molecular weight is 404 g/mol. The molecule has 1 aromatic heterocycles. The van der Waals surface area contributed by atoms with E-state index in [-0.39, 0.29) is 24.9 Å². The number of aromatic amines is 1. The van der Waals surface area contributed by atoms with E-state index in [1.165, 1.54) is 23.7 Å². The summed E-state index contributed by atoms with van der Waals surface area (Å²) in [6.07, 6.45) is 4.36. The predicted octanol–water partition coefficient (Wildman–Crippen LogP) is 3.42. The number of carbonyl (C=O) groups is 3. The van der Waals surface area contributed by atoms with Crippen molar-refractivity contribution in [1.82, 2.24) is 4.98 Å². The Morgan fingerprint density at radius 1 is 1.03 bits per heavy atom. The van der Waals surface area contributed by atoms with Crippen molar-refractivity contribution in [3.63, 3.8) is 0 Å². The van der Waals surface area contributed by atoms with E-state index in [1.54, 1.807) is 18.2 Å². The maximum Gasteiger partial charge on any atom is 0.338 e. The lowest BCUT2D eigenvalue weighted by Gasteiger charge is -2.18. The van der Waals surface area contributed by atoms with Gasteiger partial charge in [-0.2, -0.15) is 0 Å². The molecule has 2 heterocycles. The summed E-state index contributed by atoms with van der Waals surface area (Å²) in [5.74, 6) is -0.663. The summed E-state index contributed by atoms with van der Waals surface area (Å²) in [7, 11) is 0. The van der Waals surface area contributed by atoms with Gasteiger partial charge in [0.2, 0.25) is 0 Å². The molecule has 30 heavy (non-hydrogen) atoms. The molecule has 3 aromatic rings. The lowest BCUT2D eigenvalue weighted by atomic mass is 9.95. The third kappa shape index (κ3) is 3.32. The molecule has 1 aliphatic carbocycles. The molecule has 7 heteroatoms. The van der Waals surface area contributed by atoms with Crippen LogP contribution in [0, 0.1) is 0 Å². The Morgan fingerprint density at radius 3 is 2.77 bits per heavy atom. The molecule has 152 valence electrons. The SMILES string of the molecule is O=C1COc2ccc(C(=O)COC(=O)c3ccc4[nH]c5c(c4c3)CCCC5)cc2N1. The summed E-state index contributed by atoms with van der Waals surface area (Å²) in [6, 6.07) is 10.2. The topological polar surface area (TPSA) is 97.5 Å². The van der Waals surface area contributed by atoms with Crippen LogP contribution < -0.4 is 10.1 Å². The van der Waals surface area contributed by atoms with Crippen molar-refractivity contribution in [2.75, 3.05) is 18.5 Å². The van der Waals surface area contributed by atoms with Crippen LogP contribution in [0.4, 0.5) is 5.69 Å². The molecule has 0 fully saturated rings. The van der Waals surface area contributed by atoms with Crippen molar-refractivity contribution in [1.29, 1.82) is 0 Å². The minimum absolute atomic E-state index is 0.0490. The monoisotopic (exact) mass is 404 g/mol. The maximum atomic E-state index is 12.5. The van der Waals surface area contributed by atoms with Gasteiger partial charge in [-0.3, -0.25) is 9.59 Å². The Morgan fingerprint density at radius 2 is 1.87 bits per heavy atom. The fraction of sp³-hybridized carbons (Fsp3) is 0.261. The van der Waals surface area contributed by atoms with Crippen molar-refractivity contribution < 1.29 is 23.9 Å². The largest absolute Gasteiger partial charge is 0.482 e. The molecule has 0 atom stereocenters. The molecule has 0 radical (unpaired) electrons. The number of hydrogen-bond acceptors (Lipinski definition) is 5. The number of esters is 1. The molecule has 0 spiro atoms. The fourth-order valence-electron chi connectivity index (χ4n) is 4.09. The maximum absolute atomic E-state index is 12.5. The van der Waals surface area contributed by atoms with Crippen LogP contribution in [0.3, 0.4) is 0 Å². The number of fused-ring (bicyclic) bond motifs is 4. The minimum Gasteiger partial charge on any atom is -0.482 e. The fourth-order valence-corrected chi connectivity index (χ4v) is 4.09. The normalized spacial score (nSPS) is 15.0. The molecule has 2 aromatic carbocycles. The molecule has 7 nitrogen and oxygen atoms in total. The molecule has 2 N–H and O–H groups in total. The zero-order valence-electron chi connectivity index (χ0n) is 16.2. The van der Waals surface area contributed by atoms with Gasteiger partial charge in [0.05, 0.1) is 11.3 Å². The van der Waals surface area contributed by atoms with Gasteiger partial charge in [-0.15, -0.1) is 0 Å². The summed E-state index contributed by atoms with van der Waals surface area (Å²) in [4.78, 5) is 39.9. The van der Waals surface area contributed by atoms with Crippen LogP contribution in [0.2, 0.25) is 0 Å². The number of benzene rings is 2. The molecule has 0 saturated carbocycles. The minimum atomic E-state index is -0.536. The van der Waals surface area contributed by atoms with Crippen molar-refractivity contribution in [3.8, 4) is 5.75 Å². The van der Waals surface area contributed by atoms with Gasteiger partial charge in [-0.25, -0.2) is 4.79 Å². The lowest BCUT2D eigenvalue weighted by molar-refractivity contribution is -0.118. The third-order valence-corrected chi connectivity index (χ3v) is 5.60. The molecular formula is C23H20N2O5. The van der Waals surface area contributed by atoms with Crippen LogP contribution in [0.5, 0.6) is 5.75 Å². The second-order valence-electron chi connectivity index (χ2n) is 7.60. The summed E-state index contributed by atoms with van der Waals surface area (Å²) in [5, 5.41) is 3.71. The second-order valence-corrected chi connectivity index (χ2v) is 7.60. The number of H-pyrrole nitrogens is 1. The Labute approximate surface area is 172 Å². The van der Waals surface area contributed by atoms with Gasteiger partial charge < -0.3 is 19.8 Å². The van der Waals surface area contributed by atoms with Crippen molar-refractivity contribution in [2.45, 2.75) is 25.7 Å². The zero-order valence-corrected chi connectivity index (χ0v) is 16.2. The predicted molar refractivity (Wildman–Crippen MR) is 110 cm³/mol. The van der Waals surface area contributed by atoms with Crippen LogP contribution in [0.15, 0.2) is 36.4 Å². The van der Waals surface area contributed by atoms with E-state index in [2.05, 4.69) is 10.3 Å². The van der Waals surface area contributed by atoms with E-state index in [0.717, 1.165) is 30.2 Å². The number of ether oxygens (including phenoxy) is 2. The molecule has 0 bridgehead atoms. The van der Waals surface area contributed by atoms with E-state index in [0.29, 0.717) is 22.6 Å². The van der Waals surface area contributed by atoms with Crippen LogP contribution in [-0.2, 0) is 22.4 Å². The highest BCUT2D eigenvalue weighted by molar-refractivity contribution is 6.03. The molecule has 0 saturated heterocycles. The Balaban J connectivity index is 1.29. The van der Waals surface area contributed by atoms with Gasteiger partial charge in [0.15, 0.2) is 19.0 Å². The van der Waals surface area contributed by atoms with E-state index >= 15 is 0 Å². The quantitative estimate of drug-likeness (QED) is 0.513. The Kier molecular flexibility index (Phi) is 4.50. The summed E-state index contributed by atoms with van der Waals surface area (Å²) in [5.41, 5.74) is 4.75.